The molecule has 1 aliphatic rings. The van der Waals surface area contributed by atoms with Crippen molar-refractivity contribution in [3.63, 3.8) is 0 Å². The zero-order chi connectivity index (χ0) is 20.9. The normalized spacial score (nSPS) is 14.1. The van der Waals surface area contributed by atoms with Crippen molar-refractivity contribution in [2.75, 3.05) is 36.0 Å². The average Bonchev–Trinajstić information content (AvgIpc) is 3.29. The Labute approximate surface area is 180 Å². The number of anilines is 2. The summed E-state index contributed by atoms with van der Waals surface area (Å²) in [5.74, 6) is -0.356. The second kappa shape index (κ2) is 9.26. The number of benzene rings is 2. The zero-order valence-electron chi connectivity index (χ0n) is 17.0. The maximum absolute atomic E-state index is 14.0. The molecule has 0 atom stereocenters. The minimum absolute atomic E-state index is 0.165. The van der Waals surface area contributed by atoms with Gasteiger partial charge in [-0.3, -0.25) is 4.79 Å². The Bertz CT molecular complexity index is 996. The van der Waals surface area contributed by atoms with E-state index in [4.69, 9.17) is 0 Å². The molecule has 2 aromatic carbocycles. The molecule has 1 fully saturated rings. The van der Waals surface area contributed by atoms with Gasteiger partial charge in [0, 0.05) is 38.1 Å². The van der Waals surface area contributed by atoms with E-state index in [-0.39, 0.29) is 11.7 Å². The molecule has 4 rings (SSSR count). The van der Waals surface area contributed by atoms with Gasteiger partial charge in [0.25, 0.3) is 5.91 Å². The third-order valence-electron chi connectivity index (χ3n) is 5.35. The fourth-order valence-electron chi connectivity index (χ4n) is 3.53. The average molecular weight is 425 g/mol. The summed E-state index contributed by atoms with van der Waals surface area (Å²) in [5, 5.41) is 5.57. The highest BCUT2D eigenvalue weighted by Crippen LogP contribution is 2.25. The maximum Gasteiger partial charge on any atom is 0.271 e. The first-order valence-electron chi connectivity index (χ1n) is 10.2. The molecule has 3 aromatic rings. The molecule has 5 nitrogen and oxygen atoms in total. The molecule has 0 radical (unpaired) electrons. The third-order valence-corrected chi connectivity index (χ3v) is 6.25. The van der Waals surface area contributed by atoms with E-state index in [1.807, 2.05) is 24.3 Å². The monoisotopic (exact) mass is 424 g/mol. The number of rotatable bonds is 6. The first-order chi connectivity index (χ1) is 14.6. The van der Waals surface area contributed by atoms with Crippen molar-refractivity contribution in [2.45, 2.75) is 19.9 Å². The molecular formula is C23H25FN4OS. The zero-order valence-corrected chi connectivity index (χ0v) is 17.8. The summed E-state index contributed by atoms with van der Waals surface area (Å²) in [6, 6.07) is 15.1. The van der Waals surface area contributed by atoms with Crippen LogP contribution in [-0.4, -0.2) is 37.1 Å². The van der Waals surface area contributed by atoms with E-state index in [1.165, 1.54) is 23.0 Å². The van der Waals surface area contributed by atoms with Crippen molar-refractivity contribution in [2.24, 2.45) is 0 Å². The van der Waals surface area contributed by atoms with Crippen molar-refractivity contribution in [1.29, 1.82) is 0 Å². The van der Waals surface area contributed by atoms with Crippen LogP contribution in [-0.2, 0) is 13.0 Å². The number of thiazole rings is 1. The van der Waals surface area contributed by atoms with Gasteiger partial charge in [-0.1, -0.05) is 43.3 Å². The fraction of sp³-hybridized carbons (Fsp3) is 0.304. The second-order valence-electron chi connectivity index (χ2n) is 7.29. The summed E-state index contributed by atoms with van der Waals surface area (Å²) in [7, 11) is 0. The third kappa shape index (κ3) is 4.62. The molecular weight excluding hydrogens is 399 g/mol. The minimum Gasteiger partial charge on any atom is -0.366 e. The molecule has 1 saturated heterocycles. The standard InChI is InChI=1S/C23H25FN4OS/c1-2-17-7-9-18(10-8-17)15-25-22(29)20-16-30-23(26-20)28-13-11-27(12-14-28)21-6-4-3-5-19(21)24/h3-10,16H,2,11-15H2,1H3,(H,25,29). The van der Waals surface area contributed by atoms with Crippen molar-refractivity contribution in [3.05, 3.63) is 76.5 Å². The topological polar surface area (TPSA) is 48.5 Å². The Balaban J connectivity index is 1.31. The summed E-state index contributed by atoms with van der Waals surface area (Å²) in [6.45, 7) is 5.53. The van der Waals surface area contributed by atoms with Gasteiger partial charge in [-0.25, -0.2) is 9.37 Å². The lowest BCUT2D eigenvalue weighted by molar-refractivity contribution is 0.0946. The number of aromatic nitrogens is 1. The van der Waals surface area contributed by atoms with Gasteiger partial charge in [0.1, 0.15) is 11.5 Å². The van der Waals surface area contributed by atoms with E-state index in [0.717, 1.165) is 43.3 Å². The predicted molar refractivity (Wildman–Crippen MR) is 120 cm³/mol. The number of para-hydroxylation sites is 1. The van der Waals surface area contributed by atoms with Gasteiger partial charge in [-0.2, -0.15) is 0 Å². The molecule has 7 heteroatoms. The van der Waals surface area contributed by atoms with Gasteiger partial charge in [-0.05, 0) is 29.7 Å². The van der Waals surface area contributed by atoms with E-state index in [0.29, 0.717) is 17.9 Å². The van der Waals surface area contributed by atoms with Gasteiger partial charge >= 0.3 is 0 Å². The van der Waals surface area contributed by atoms with Crippen LogP contribution in [0.1, 0.15) is 28.5 Å². The Morgan fingerprint density at radius 2 is 1.70 bits per heavy atom. The van der Waals surface area contributed by atoms with Crippen molar-refractivity contribution >= 4 is 28.1 Å². The molecule has 0 saturated carbocycles. The lowest BCUT2D eigenvalue weighted by Crippen LogP contribution is -2.46. The summed E-state index contributed by atoms with van der Waals surface area (Å²) >= 11 is 1.47. The maximum atomic E-state index is 14.0. The molecule has 0 unspecified atom stereocenters. The summed E-state index contributed by atoms with van der Waals surface area (Å²) < 4.78 is 14.0. The number of nitrogens with zero attached hydrogens (tertiary/aromatic N) is 3. The summed E-state index contributed by atoms with van der Waals surface area (Å²) in [6.07, 6.45) is 1.00. The van der Waals surface area contributed by atoms with Gasteiger partial charge in [0.15, 0.2) is 5.13 Å². The van der Waals surface area contributed by atoms with Crippen LogP contribution in [0.3, 0.4) is 0 Å². The number of aryl methyl sites for hydroxylation is 1. The first-order valence-corrected chi connectivity index (χ1v) is 11.1. The van der Waals surface area contributed by atoms with E-state index in [1.54, 1.807) is 11.4 Å². The van der Waals surface area contributed by atoms with Crippen LogP contribution in [0.2, 0.25) is 0 Å². The molecule has 1 aromatic heterocycles. The lowest BCUT2D eigenvalue weighted by atomic mass is 10.1. The Hall–Kier alpha value is -2.93. The van der Waals surface area contributed by atoms with Gasteiger partial charge < -0.3 is 15.1 Å². The number of piperazine rings is 1. The van der Waals surface area contributed by atoms with Crippen LogP contribution in [0.25, 0.3) is 0 Å². The molecule has 30 heavy (non-hydrogen) atoms. The van der Waals surface area contributed by atoms with E-state index < -0.39 is 0 Å². The van der Waals surface area contributed by atoms with Crippen LogP contribution >= 0.6 is 11.3 Å². The quantitative estimate of drug-likeness (QED) is 0.647. The Morgan fingerprint density at radius 1 is 1.03 bits per heavy atom. The number of halogens is 1. The van der Waals surface area contributed by atoms with Gasteiger partial charge in [-0.15, -0.1) is 11.3 Å². The molecule has 0 spiro atoms. The fourth-order valence-corrected chi connectivity index (χ4v) is 4.39. The number of hydrogen-bond donors (Lipinski definition) is 1. The van der Waals surface area contributed by atoms with Crippen LogP contribution in [0, 0.1) is 5.82 Å². The number of nitrogens with one attached hydrogen (secondary N) is 1. The van der Waals surface area contributed by atoms with Crippen molar-refractivity contribution in [1.82, 2.24) is 10.3 Å². The molecule has 156 valence electrons. The Morgan fingerprint density at radius 3 is 2.40 bits per heavy atom. The summed E-state index contributed by atoms with van der Waals surface area (Å²) in [5.41, 5.74) is 3.43. The molecule has 0 bridgehead atoms. The smallest absolute Gasteiger partial charge is 0.271 e. The van der Waals surface area contributed by atoms with Crippen molar-refractivity contribution in [3.8, 4) is 0 Å². The first kappa shape index (κ1) is 20.3. The Kier molecular flexibility index (Phi) is 6.28. The SMILES string of the molecule is CCc1ccc(CNC(=O)c2csc(N3CCN(c4ccccc4F)CC3)n2)cc1. The number of carbonyl (C=O) groups is 1. The highest BCUT2D eigenvalue weighted by atomic mass is 32.1. The second-order valence-corrected chi connectivity index (χ2v) is 8.13. The van der Waals surface area contributed by atoms with Gasteiger partial charge in [0.05, 0.1) is 5.69 Å². The minimum atomic E-state index is -0.191. The highest BCUT2D eigenvalue weighted by Gasteiger charge is 2.22. The van der Waals surface area contributed by atoms with Crippen LogP contribution in [0.15, 0.2) is 53.9 Å². The molecule has 1 N–H and O–H groups in total. The number of amides is 1. The predicted octanol–water partition coefficient (Wildman–Crippen LogP) is 4.10. The molecule has 1 amide bonds. The molecule has 2 heterocycles. The van der Waals surface area contributed by atoms with E-state index in [9.17, 15) is 9.18 Å². The van der Waals surface area contributed by atoms with Gasteiger partial charge in [0.2, 0.25) is 0 Å². The largest absolute Gasteiger partial charge is 0.366 e. The number of hydrogen-bond acceptors (Lipinski definition) is 5. The summed E-state index contributed by atoms with van der Waals surface area (Å²) in [4.78, 5) is 21.2. The van der Waals surface area contributed by atoms with Crippen molar-refractivity contribution < 1.29 is 9.18 Å². The van der Waals surface area contributed by atoms with Crippen LogP contribution in [0.5, 0.6) is 0 Å². The number of carbonyl (C=O) groups excluding carboxylic acids is 1. The highest BCUT2D eigenvalue weighted by molar-refractivity contribution is 7.13. The van der Waals surface area contributed by atoms with E-state index in [2.05, 4.69) is 39.2 Å². The lowest BCUT2D eigenvalue weighted by Gasteiger charge is -2.36. The van der Waals surface area contributed by atoms with E-state index >= 15 is 0 Å². The van der Waals surface area contributed by atoms with Crippen LogP contribution < -0.4 is 15.1 Å². The molecule has 0 aliphatic carbocycles. The van der Waals surface area contributed by atoms with Crippen LogP contribution in [0.4, 0.5) is 15.2 Å². The molecule has 1 aliphatic heterocycles.